The molecule has 1 aromatic heterocycles. The lowest BCUT2D eigenvalue weighted by Crippen LogP contribution is -2.04. The van der Waals surface area contributed by atoms with E-state index in [1.54, 1.807) is 6.20 Å². The molecule has 0 amide bonds. The molecule has 1 heterocycles. The molecule has 0 unspecified atom stereocenters. The topological polar surface area (TPSA) is 43.4 Å². The van der Waals surface area contributed by atoms with E-state index in [0.29, 0.717) is 19.8 Å². The lowest BCUT2D eigenvalue weighted by molar-refractivity contribution is 0.275. The van der Waals surface area contributed by atoms with Crippen molar-refractivity contribution >= 4 is 21.7 Å². The Kier molecular flexibility index (Phi) is 6.52. The lowest BCUT2D eigenvalue weighted by atomic mass is 10.2. The normalized spacial score (nSPS) is 10.3. The zero-order chi connectivity index (χ0) is 15.8. The van der Waals surface area contributed by atoms with E-state index in [1.807, 2.05) is 37.3 Å². The van der Waals surface area contributed by atoms with Gasteiger partial charge in [-0.25, -0.2) is 4.98 Å². The van der Waals surface area contributed by atoms with Crippen LogP contribution in [-0.2, 0) is 6.54 Å². The number of hydrogen-bond acceptors (Lipinski definition) is 4. The standard InChI is InChI=1S/C17H21BrN2O2/c1-3-9-22-17-14(18)10-13(11-15(17)21-4-2)12-20-16-7-5-6-8-19-16/h5-8,10-11H,3-4,9,12H2,1-2H3,(H,19,20). The summed E-state index contributed by atoms with van der Waals surface area (Å²) in [7, 11) is 0. The summed E-state index contributed by atoms with van der Waals surface area (Å²) < 4.78 is 12.4. The number of aromatic nitrogens is 1. The summed E-state index contributed by atoms with van der Waals surface area (Å²) in [6.45, 7) is 6.00. The minimum atomic E-state index is 0.603. The number of nitrogens with one attached hydrogen (secondary N) is 1. The van der Waals surface area contributed by atoms with Gasteiger partial charge in [0.1, 0.15) is 5.82 Å². The predicted molar refractivity (Wildman–Crippen MR) is 92.7 cm³/mol. The predicted octanol–water partition coefficient (Wildman–Crippen LogP) is 4.64. The van der Waals surface area contributed by atoms with E-state index in [2.05, 4.69) is 33.2 Å². The summed E-state index contributed by atoms with van der Waals surface area (Å²) in [6, 6.07) is 9.85. The molecule has 0 aliphatic carbocycles. The van der Waals surface area contributed by atoms with Crippen LogP contribution in [0.15, 0.2) is 41.0 Å². The van der Waals surface area contributed by atoms with Crippen molar-refractivity contribution < 1.29 is 9.47 Å². The third kappa shape index (κ3) is 4.63. The van der Waals surface area contributed by atoms with E-state index in [1.165, 1.54) is 0 Å². The van der Waals surface area contributed by atoms with E-state index < -0.39 is 0 Å². The fourth-order valence-electron chi connectivity index (χ4n) is 1.99. The average Bonchev–Trinajstić information content (AvgIpc) is 2.53. The number of halogens is 1. The molecular weight excluding hydrogens is 344 g/mol. The molecule has 0 aliphatic rings. The molecule has 0 atom stereocenters. The highest BCUT2D eigenvalue weighted by Gasteiger charge is 2.12. The Bertz CT molecular complexity index is 591. The molecule has 0 bridgehead atoms. The SMILES string of the molecule is CCCOc1c(Br)cc(CNc2ccccn2)cc1OCC. The van der Waals surface area contributed by atoms with Gasteiger partial charge in [0.25, 0.3) is 0 Å². The van der Waals surface area contributed by atoms with Gasteiger partial charge in [-0.15, -0.1) is 0 Å². The van der Waals surface area contributed by atoms with Crippen molar-refractivity contribution in [2.75, 3.05) is 18.5 Å². The maximum Gasteiger partial charge on any atom is 0.175 e. The maximum atomic E-state index is 5.78. The van der Waals surface area contributed by atoms with Gasteiger partial charge >= 0.3 is 0 Å². The van der Waals surface area contributed by atoms with Gasteiger partial charge in [0.15, 0.2) is 11.5 Å². The fourth-order valence-corrected chi connectivity index (χ4v) is 2.59. The van der Waals surface area contributed by atoms with Crippen molar-refractivity contribution in [3.8, 4) is 11.5 Å². The second-order valence-corrected chi connectivity index (χ2v) is 5.61. The Labute approximate surface area is 140 Å². The zero-order valence-electron chi connectivity index (χ0n) is 12.9. The number of ether oxygens (including phenoxy) is 2. The van der Waals surface area contributed by atoms with Gasteiger partial charge in [-0.2, -0.15) is 0 Å². The molecule has 0 radical (unpaired) electrons. The molecule has 0 fully saturated rings. The molecule has 0 saturated heterocycles. The van der Waals surface area contributed by atoms with Gasteiger partial charge < -0.3 is 14.8 Å². The van der Waals surface area contributed by atoms with E-state index in [9.17, 15) is 0 Å². The number of benzene rings is 1. The minimum Gasteiger partial charge on any atom is -0.490 e. The van der Waals surface area contributed by atoms with Gasteiger partial charge in [0, 0.05) is 12.7 Å². The van der Waals surface area contributed by atoms with Gasteiger partial charge in [0.2, 0.25) is 0 Å². The summed E-state index contributed by atoms with van der Waals surface area (Å²) >= 11 is 3.58. The molecule has 0 saturated carbocycles. The van der Waals surface area contributed by atoms with Crippen LogP contribution in [0.1, 0.15) is 25.8 Å². The van der Waals surface area contributed by atoms with Crippen LogP contribution in [0.25, 0.3) is 0 Å². The first-order chi connectivity index (χ1) is 10.7. The van der Waals surface area contributed by atoms with Crippen LogP contribution in [0.4, 0.5) is 5.82 Å². The zero-order valence-corrected chi connectivity index (χ0v) is 14.5. The van der Waals surface area contributed by atoms with Crippen LogP contribution < -0.4 is 14.8 Å². The fraction of sp³-hybridized carbons (Fsp3) is 0.353. The smallest absolute Gasteiger partial charge is 0.175 e. The Morgan fingerprint density at radius 3 is 2.73 bits per heavy atom. The van der Waals surface area contributed by atoms with Crippen molar-refractivity contribution in [2.45, 2.75) is 26.8 Å². The molecule has 1 N–H and O–H groups in total. The first kappa shape index (κ1) is 16.6. The number of hydrogen-bond donors (Lipinski definition) is 1. The van der Waals surface area contributed by atoms with Crippen LogP contribution in [0.2, 0.25) is 0 Å². The molecule has 118 valence electrons. The van der Waals surface area contributed by atoms with E-state index in [0.717, 1.165) is 33.8 Å². The van der Waals surface area contributed by atoms with Gasteiger partial charge in [-0.1, -0.05) is 13.0 Å². The summed E-state index contributed by atoms with van der Waals surface area (Å²) in [6.07, 6.45) is 2.73. The van der Waals surface area contributed by atoms with E-state index in [4.69, 9.17) is 9.47 Å². The van der Waals surface area contributed by atoms with Crippen molar-refractivity contribution in [1.29, 1.82) is 0 Å². The van der Waals surface area contributed by atoms with Crippen molar-refractivity contribution in [2.24, 2.45) is 0 Å². The highest BCUT2D eigenvalue weighted by atomic mass is 79.9. The monoisotopic (exact) mass is 364 g/mol. The van der Waals surface area contributed by atoms with Crippen molar-refractivity contribution in [3.63, 3.8) is 0 Å². The van der Waals surface area contributed by atoms with Gasteiger partial charge in [0.05, 0.1) is 17.7 Å². The minimum absolute atomic E-state index is 0.603. The van der Waals surface area contributed by atoms with Crippen LogP contribution in [0, 0.1) is 0 Å². The van der Waals surface area contributed by atoms with Crippen LogP contribution in [0.5, 0.6) is 11.5 Å². The molecule has 0 spiro atoms. The molecular formula is C17H21BrN2O2. The average molecular weight is 365 g/mol. The third-order valence-corrected chi connectivity index (χ3v) is 3.55. The first-order valence-electron chi connectivity index (χ1n) is 7.47. The summed E-state index contributed by atoms with van der Waals surface area (Å²) in [4.78, 5) is 4.25. The van der Waals surface area contributed by atoms with Crippen LogP contribution in [0.3, 0.4) is 0 Å². The summed E-state index contributed by atoms with van der Waals surface area (Å²) in [5.41, 5.74) is 1.10. The Morgan fingerprint density at radius 1 is 1.18 bits per heavy atom. The van der Waals surface area contributed by atoms with Crippen molar-refractivity contribution in [3.05, 3.63) is 46.6 Å². The molecule has 0 aliphatic heterocycles. The first-order valence-corrected chi connectivity index (χ1v) is 8.26. The summed E-state index contributed by atoms with van der Waals surface area (Å²) in [5.74, 6) is 2.39. The lowest BCUT2D eigenvalue weighted by Gasteiger charge is -2.15. The Hall–Kier alpha value is -1.75. The maximum absolute atomic E-state index is 5.78. The number of nitrogens with zero attached hydrogens (tertiary/aromatic N) is 1. The third-order valence-electron chi connectivity index (χ3n) is 2.96. The Morgan fingerprint density at radius 2 is 2.05 bits per heavy atom. The molecule has 1 aromatic carbocycles. The number of rotatable bonds is 8. The molecule has 22 heavy (non-hydrogen) atoms. The van der Waals surface area contributed by atoms with E-state index >= 15 is 0 Å². The second kappa shape index (κ2) is 8.63. The largest absolute Gasteiger partial charge is 0.490 e. The molecule has 4 nitrogen and oxygen atoms in total. The van der Waals surface area contributed by atoms with Gasteiger partial charge in [-0.3, -0.25) is 0 Å². The van der Waals surface area contributed by atoms with Crippen LogP contribution >= 0.6 is 15.9 Å². The number of anilines is 1. The summed E-state index contributed by atoms with van der Waals surface area (Å²) in [5, 5.41) is 3.29. The highest BCUT2D eigenvalue weighted by molar-refractivity contribution is 9.10. The van der Waals surface area contributed by atoms with E-state index in [-0.39, 0.29) is 0 Å². The second-order valence-electron chi connectivity index (χ2n) is 4.75. The molecule has 5 heteroatoms. The Balaban J connectivity index is 2.14. The highest BCUT2D eigenvalue weighted by Crippen LogP contribution is 2.37. The number of pyridine rings is 1. The van der Waals surface area contributed by atoms with Gasteiger partial charge in [-0.05, 0) is 59.1 Å². The quantitative estimate of drug-likeness (QED) is 0.740. The molecule has 2 aromatic rings. The van der Waals surface area contributed by atoms with Crippen molar-refractivity contribution in [1.82, 2.24) is 4.98 Å². The molecule has 2 rings (SSSR count). The van der Waals surface area contributed by atoms with Crippen LogP contribution in [-0.4, -0.2) is 18.2 Å².